The molecule has 0 aliphatic carbocycles. The van der Waals surface area contributed by atoms with Crippen LogP contribution >= 0.6 is 11.3 Å². The summed E-state index contributed by atoms with van der Waals surface area (Å²) in [7, 11) is 1.97. The van der Waals surface area contributed by atoms with Crippen LogP contribution in [-0.4, -0.2) is 16.2 Å². The van der Waals surface area contributed by atoms with Gasteiger partial charge >= 0.3 is 0 Å². The van der Waals surface area contributed by atoms with Gasteiger partial charge in [0, 0.05) is 25.2 Å². The zero-order valence-electron chi connectivity index (χ0n) is 11.3. The van der Waals surface area contributed by atoms with Crippen molar-refractivity contribution < 1.29 is 4.74 Å². The second kappa shape index (κ2) is 5.92. The number of nitrogens with zero attached hydrogens (tertiary/aromatic N) is 2. The van der Waals surface area contributed by atoms with E-state index < -0.39 is 0 Å². The largest absolute Gasteiger partial charge is 0.493 e. The molecular formula is C16H16N2OS. The third-order valence-electron chi connectivity index (χ3n) is 3.10. The summed E-state index contributed by atoms with van der Waals surface area (Å²) in [6.45, 7) is 0.681. The van der Waals surface area contributed by atoms with Crippen LogP contribution in [0.15, 0.2) is 53.6 Å². The molecule has 2 aromatic heterocycles. The maximum atomic E-state index is 5.93. The van der Waals surface area contributed by atoms with E-state index in [-0.39, 0.29) is 0 Å². The number of aryl methyl sites for hydroxylation is 1. The van der Waals surface area contributed by atoms with Gasteiger partial charge in [-0.05, 0) is 34.5 Å². The average molecular weight is 284 g/mol. The third kappa shape index (κ3) is 2.91. The molecule has 0 N–H and O–H groups in total. The highest BCUT2D eigenvalue weighted by atomic mass is 32.1. The molecule has 0 aliphatic rings. The Bertz CT molecular complexity index is 673. The molecule has 0 spiro atoms. The van der Waals surface area contributed by atoms with Gasteiger partial charge in [0.1, 0.15) is 5.75 Å². The maximum Gasteiger partial charge on any atom is 0.128 e. The summed E-state index contributed by atoms with van der Waals surface area (Å²) in [5.74, 6) is 0.890. The van der Waals surface area contributed by atoms with Crippen molar-refractivity contribution in [3.63, 3.8) is 0 Å². The third-order valence-corrected chi connectivity index (χ3v) is 3.83. The molecule has 3 nitrogen and oxygen atoms in total. The van der Waals surface area contributed by atoms with Gasteiger partial charge in [0.05, 0.1) is 18.6 Å². The van der Waals surface area contributed by atoms with Crippen molar-refractivity contribution in [3.8, 4) is 17.0 Å². The van der Waals surface area contributed by atoms with Crippen LogP contribution in [-0.2, 0) is 13.5 Å². The molecule has 0 fully saturated rings. The highest BCUT2D eigenvalue weighted by molar-refractivity contribution is 7.07. The number of benzene rings is 1. The molecule has 3 aromatic rings. The SMILES string of the molecule is Cn1cnc(-c2ccccc2OCCc2ccsc2)c1. The van der Waals surface area contributed by atoms with E-state index in [0.29, 0.717) is 6.61 Å². The highest BCUT2D eigenvalue weighted by Gasteiger charge is 2.08. The molecule has 0 saturated carbocycles. The normalized spacial score (nSPS) is 10.7. The van der Waals surface area contributed by atoms with Crippen LogP contribution < -0.4 is 4.74 Å². The van der Waals surface area contributed by atoms with Crippen LogP contribution in [0, 0.1) is 0 Å². The first kappa shape index (κ1) is 12.9. The van der Waals surface area contributed by atoms with E-state index in [4.69, 9.17) is 4.74 Å². The number of imidazole rings is 1. The van der Waals surface area contributed by atoms with Gasteiger partial charge in [-0.2, -0.15) is 11.3 Å². The van der Waals surface area contributed by atoms with Gasteiger partial charge < -0.3 is 9.30 Å². The Balaban J connectivity index is 1.73. The van der Waals surface area contributed by atoms with Crippen molar-refractivity contribution in [2.45, 2.75) is 6.42 Å². The van der Waals surface area contributed by atoms with Crippen molar-refractivity contribution in [1.29, 1.82) is 0 Å². The van der Waals surface area contributed by atoms with E-state index in [9.17, 15) is 0 Å². The topological polar surface area (TPSA) is 27.1 Å². The highest BCUT2D eigenvalue weighted by Crippen LogP contribution is 2.28. The second-order valence-corrected chi connectivity index (χ2v) is 5.43. The van der Waals surface area contributed by atoms with E-state index in [1.807, 2.05) is 42.1 Å². The minimum atomic E-state index is 0.681. The lowest BCUT2D eigenvalue weighted by Gasteiger charge is -2.09. The van der Waals surface area contributed by atoms with E-state index in [2.05, 4.69) is 21.8 Å². The van der Waals surface area contributed by atoms with Crippen LogP contribution in [0.3, 0.4) is 0 Å². The average Bonchev–Trinajstić information content (AvgIpc) is 3.11. The molecule has 1 aromatic carbocycles. The van der Waals surface area contributed by atoms with Gasteiger partial charge in [0.2, 0.25) is 0 Å². The van der Waals surface area contributed by atoms with Gasteiger partial charge in [-0.25, -0.2) is 4.98 Å². The fourth-order valence-corrected chi connectivity index (χ4v) is 2.77. The predicted octanol–water partition coefficient (Wildman–Crippen LogP) is 3.77. The molecule has 0 saturated heterocycles. The molecule has 20 heavy (non-hydrogen) atoms. The lowest BCUT2D eigenvalue weighted by Crippen LogP contribution is -2.01. The molecule has 0 bridgehead atoms. The smallest absolute Gasteiger partial charge is 0.128 e. The molecular weight excluding hydrogens is 268 g/mol. The van der Waals surface area contributed by atoms with E-state index in [1.165, 1.54) is 5.56 Å². The number of para-hydroxylation sites is 1. The summed E-state index contributed by atoms with van der Waals surface area (Å²) in [5.41, 5.74) is 3.31. The number of rotatable bonds is 5. The van der Waals surface area contributed by atoms with E-state index in [1.54, 1.807) is 17.7 Å². The van der Waals surface area contributed by atoms with Gasteiger partial charge in [0.15, 0.2) is 0 Å². The second-order valence-electron chi connectivity index (χ2n) is 4.65. The zero-order chi connectivity index (χ0) is 13.8. The number of hydrogen-bond donors (Lipinski definition) is 0. The number of aromatic nitrogens is 2. The number of hydrogen-bond acceptors (Lipinski definition) is 3. The fourth-order valence-electron chi connectivity index (χ4n) is 2.07. The summed E-state index contributed by atoms with van der Waals surface area (Å²) in [5, 5.41) is 4.26. The Hall–Kier alpha value is -2.07. The van der Waals surface area contributed by atoms with Gasteiger partial charge in [-0.3, -0.25) is 0 Å². The molecule has 4 heteroatoms. The van der Waals surface area contributed by atoms with Crippen LogP contribution in [0.5, 0.6) is 5.75 Å². The van der Waals surface area contributed by atoms with Crippen molar-refractivity contribution in [1.82, 2.24) is 9.55 Å². The minimum Gasteiger partial charge on any atom is -0.493 e. The quantitative estimate of drug-likeness (QED) is 0.713. The standard InChI is InChI=1S/C16H16N2OS/c1-18-10-15(17-12-18)14-4-2-3-5-16(14)19-8-6-13-7-9-20-11-13/h2-5,7,9-12H,6,8H2,1H3. The Kier molecular flexibility index (Phi) is 3.83. The fraction of sp³-hybridized carbons (Fsp3) is 0.188. The first-order valence-electron chi connectivity index (χ1n) is 6.54. The van der Waals surface area contributed by atoms with Gasteiger partial charge in [-0.1, -0.05) is 12.1 Å². The van der Waals surface area contributed by atoms with Crippen molar-refractivity contribution in [3.05, 3.63) is 59.2 Å². The van der Waals surface area contributed by atoms with Gasteiger partial charge in [0.25, 0.3) is 0 Å². The molecule has 2 heterocycles. The van der Waals surface area contributed by atoms with Crippen LogP contribution in [0.25, 0.3) is 11.3 Å². The number of thiophene rings is 1. The van der Waals surface area contributed by atoms with E-state index >= 15 is 0 Å². The van der Waals surface area contributed by atoms with Crippen molar-refractivity contribution >= 4 is 11.3 Å². The Morgan fingerprint density at radius 2 is 2.15 bits per heavy atom. The monoisotopic (exact) mass is 284 g/mol. The predicted molar refractivity (Wildman–Crippen MR) is 82.2 cm³/mol. The summed E-state index contributed by atoms with van der Waals surface area (Å²) in [6.07, 6.45) is 4.73. The molecule has 0 atom stereocenters. The van der Waals surface area contributed by atoms with Crippen LogP contribution in [0.1, 0.15) is 5.56 Å². The number of ether oxygens (including phenoxy) is 1. The molecule has 3 rings (SSSR count). The van der Waals surface area contributed by atoms with Crippen molar-refractivity contribution in [2.24, 2.45) is 7.05 Å². The zero-order valence-corrected chi connectivity index (χ0v) is 12.1. The maximum absolute atomic E-state index is 5.93. The Morgan fingerprint density at radius 1 is 1.25 bits per heavy atom. The van der Waals surface area contributed by atoms with Crippen LogP contribution in [0.4, 0.5) is 0 Å². The molecule has 0 radical (unpaired) electrons. The van der Waals surface area contributed by atoms with Crippen LogP contribution in [0.2, 0.25) is 0 Å². The van der Waals surface area contributed by atoms with Crippen molar-refractivity contribution in [2.75, 3.05) is 6.61 Å². The molecule has 0 aliphatic heterocycles. The molecule has 0 unspecified atom stereocenters. The minimum absolute atomic E-state index is 0.681. The Labute approximate surface area is 122 Å². The first-order valence-corrected chi connectivity index (χ1v) is 7.48. The summed E-state index contributed by atoms with van der Waals surface area (Å²) < 4.78 is 7.87. The molecule has 102 valence electrons. The summed E-state index contributed by atoms with van der Waals surface area (Å²) >= 11 is 1.72. The molecule has 0 amide bonds. The lowest BCUT2D eigenvalue weighted by molar-refractivity contribution is 0.323. The summed E-state index contributed by atoms with van der Waals surface area (Å²) in [6, 6.07) is 10.2. The lowest BCUT2D eigenvalue weighted by atomic mass is 10.1. The summed E-state index contributed by atoms with van der Waals surface area (Å²) in [4.78, 5) is 4.39. The van der Waals surface area contributed by atoms with E-state index in [0.717, 1.165) is 23.4 Å². The van der Waals surface area contributed by atoms with Gasteiger partial charge in [-0.15, -0.1) is 0 Å². The Morgan fingerprint density at radius 3 is 2.90 bits per heavy atom. The first-order chi connectivity index (χ1) is 9.83.